The highest BCUT2D eigenvalue weighted by Gasteiger charge is 2.27. The third-order valence-corrected chi connectivity index (χ3v) is 5.62. The topological polar surface area (TPSA) is 58.1 Å². The molecule has 1 saturated heterocycles. The fraction of sp³-hybridized carbons (Fsp3) is 0.476. The Hall–Kier alpha value is -2.43. The molecule has 0 saturated carbocycles. The SMILES string of the molecule is CC1CCN(c2ncc3c(n2)CC[C@@H](C(=O)Nc2ccccc2)C3)CC1. The molecule has 0 bridgehead atoms. The van der Waals surface area contributed by atoms with Crippen LogP contribution in [-0.4, -0.2) is 29.0 Å². The molecular formula is C21H26N4O. The van der Waals surface area contributed by atoms with Gasteiger partial charge in [0.2, 0.25) is 11.9 Å². The average Bonchev–Trinajstić information content (AvgIpc) is 2.68. The first-order valence-corrected chi connectivity index (χ1v) is 9.64. The van der Waals surface area contributed by atoms with Crippen molar-refractivity contribution in [2.24, 2.45) is 11.8 Å². The zero-order chi connectivity index (χ0) is 17.9. The number of aromatic nitrogens is 2. The third-order valence-electron chi connectivity index (χ3n) is 5.62. The Kier molecular flexibility index (Phi) is 4.87. The van der Waals surface area contributed by atoms with E-state index in [9.17, 15) is 4.79 Å². The van der Waals surface area contributed by atoms with E-state index in [0.29, 0.717) is 0 Å². The van der Waals surface area contributed by atoms with Crippen LogP contribution in [0, 0.1) is 11.8 Å². The fourth-order valence-corrected chi connectivity index (χ4v) is 3.85. The summed E-state index contributed by atoms with van der Waals surface area (Å²) < 4.78 is 0. The molecule has 1 atom stereocenters. The molecule has 1 N–H and O–H groups in total. The normalized spacial score (nSPS) is 20.5. The molecule has 2 heterocycles. The van der Waals surface area contributed by atoms with Crippen molar-refractivity contribution < 1.29 is 4.79 Å². The number of fused-ring (bicyclic) bond motifs is 1. The van der Waals surface area contributed by atoms with Crippen LogP contribution in [0.4, 0.5) is 11.6 Å². The highest BCUT2D eigenvalue weighted by Crippen LogP contribution is 2.27. The number of amides is 1. The molecule has 0 spiro atoms. The van der Waals surface area contributed by atoms with Gasteiger partial charge in [-0.2, -0.15) is 0 Å². The molecule has 2 aliphatic rings. The summed E-state index contributed by atoms with van der Waals surface area (Å²) in [4.78, 5) is 24.3. The monoisotopic (exact) mass is 350 g/mol. The summed E-state index contributed by atoms with van der Waals surface area (Å²) >= 11 is 0. The summed E-state index contributed by atoms with van der Waals surface area (Å²) in [5.74, 6) is 1.75. The van der Waals surface area contributed by atoms with Crippen molar-refractivity contribution >= 4 is 17.5 Å². The maximum absolute atomic E-state index is 12.6. The Morgan fingerprint density at radius 1 is 1.15 bits per heavy atom. The van der Waals surface area contributed by atoms with Gasteiger partial charge in [0, 0.05) is 36.6 Å². The molecule has 1 aliphatic heterocycles. The predicted molar refractivity (Wildman–Crippen MR) is 103 cm³/mol. The molecule has 2 aromatic rings. The molecule has 1 amide bonds. The predicted octanol–water partition coefficient (Wildman–Crippen LogP) is 3.46. The number of carbonyl (C=O) groups excluding carboxylic acids is 1. The number of aryl methyl sites for hydroxylation is 1. The fourth-order valence-electron chi connectivity index (χ4n) is 3.85. The van der Waals surface area contributed by atoms with Gasteiger partial charge >= 0.3 is 0 Å². The van der Waals surface area contributed by atoms with Crippen molar-refractivity contribution in [3.63, 3.8) is 0 Å². The molecular weight excluding hydrogens is 324 g/mol. The Labute approximate surface area is 154 Å². The van der Waals surface area contributed by atoms with E-state index in [1.54, 1.807) is 0 Å². The van der Waals surface area contributed by atoms with E-state index < -0.39 is 0 Å². The van der Waals surface area contributed by atoms with Crippen molar-refractivity contribution in [3.8, 4) is 0 Å². The smallest absolute Gasteiger partial charge is 0.227 e. The highest BCUT2D eigenvalue weighted by molar-refractivity contribution is 5.92. The average molecular weight is 350 g/mol. The van der Waals surface area contributed by atoms with Gasteiger partial charge in [-0.05, 0) is 55.7 Å². The van der Waals surface area contributed by atoms with Crippen LogP contribution >= 0.6 is 0 Å². The van der Waals surface area contributed by atoms with Crippen LogP contribution in [0.3, 0.4) is 0 Å². The Morgan fingerprint density at radius 2 is 1.92 bits per heavy atom. The van der Waals surface area contributed by atoms with Gasteiger partial charge in [0.05, 0.1) is 0 Å². The number of nitrogens with zero attached hydrogens (tertiary/aromatic N) is 3. The molecule has 136 valence electrons. The van der Waals surface area contributed by atoms with Crippen LogP contribution in [0.2, 0.25) is 0 Å². The summed E-state index contributed by atoms with van der Waals surface area (Å²) in [5, 5.41) is 3.02. The zero-order valence-electron chi connectivity index (χ0n) is 15.3. The lowest BCUT2D eigenvalue weighted by Crippen LogP contribution is -2.35. The summed E-state index contributed by atoms with van der Waals surface area (Å²) in [6.07, 6.45) is 6.79. The van der Waals surface area contributed by atoms with Gasteiger partial charge in [-0.1, -0.05) is 25.1 Å². The molecule has 1 aliphatic carbocycles. The largest absolute Gasteiger partial charge is 0.341 e. The molecule has 1 aromatic carbocycles. The zero-order valence-corrected chi connectivity index (χ0v) is 15.3. The van der Waals surface area contributed by atoms with Gasteiger partial charge in [-0.3, -0.25) is 4.79 Å². The first kappa shape index (κ1) is 17.0. The molecule has 4 rings (SSSR count). The van der Waals surface area contributed by atoms with Crippen LogP contribution in [-0.2, 0) is 17.6 Å². The number of para-hydroxylation sites is 1. The summed E-state index contributed by atoms with van der Waals surface area (Å²) in [5.41, 5.74) is 3.10. The van der Waals surface area contributed by atoms with E-state index in [4.69, 9.17) is 4.98 Å². The van der Waals surface area contributed by atoms with Gasteiger partial charge in [-0.15, -0.1) is 0 Å². The van der Waals surface area contributed by atoms with Crippen LogP contribution in [0.15, 0.2) is 36.5 Å². The molecule has 26 heavy (non-hydrogen) atoms. The van der Waals surface area contributed by atoms with Crippen LogP contribution in [0.5, 0.6) is 0 Å². The molecule has 0 radical (unpaired) electrons. The van der Waals surface area contributed by atoms with Gasteiger partial charge in [0.1, 0.15) is 0 Å². The van der Waals surface area contributed by atoms with Crippen molar-refractivity contribution in [1.29, 1.82) is 0 Å². The number of benzene rings is 1. The highest BCUT2D eigenvalue weighted by atomic mass is 16.1. The number of rotatable bonds is 3. The van der Waals surface area contributed by atoms with E-state index in [0.717, 1.165) is 61.2 Å². The van der Waals surface area contributed by atoms with E-state index in [-0.39, 0.29) is 11.8 Å². The number of carbonyl (C=O) groups is 1. The number of hydrogen-bond donors (Lipinski definition) is 1. The molecule has 1 fully saturated rings. The van der Waals surface area contributed by atoms with E-state index in [1.807, 2.05) is 36.5 Å². The summed E-state index contributed by atoms with van der Waals surface area (Å²) in [6, 6.07) is 9.66. The second kappa shape index (κ2) is 7.44. The Bertz CT molecular complexity index is 769. The second-order valence-electron chi connectivity index (χ2n) is 7.61. The van der Waals surface area contributed by atoms with E-state index in [2.05, 4.69) is 22.1 Å². The first-order valence-electron chi connectivity index (χ1n) is 9.64. The maximum atomic E-state index is 12.6. The first-order chi connectivity index (χ1) is 12.7. The van der Waals surface area contributed by atoms with Gasteiger partial charge in [0.25, 0.3) is 0 Å². The number of hydrogen-bond acceptors (Lipinski definition) is 4. The van der Waals surface area contributed by atoms with Crippen molar-refractivity contribution in [3.05, 3.63) is 47.8 Å². The minimum Gasteiger partial charge on any atom is -0.341 e. The van der Waals surface area contributed by atoms with Crippen molar-refractivity contribution in [1.82, 2.24) is 9.97 Å². The summed E-state index contributed by atoms with van der Waals surface area (Å²) in [6.45, 7) is 4.40. The maximum Gasteiger partial charge on any atom is 0.227 e. The third kappa shape index (κ3) is 3.71. The van der Waals surface area contributed by atoms with E-state index >= 15 is 0 Å². The van der Waals surface area contributed by atoms with Crippen LogP contribution in [0.1, 0.15) is 37.4 Å². The van der Waals surface area contributed by atoms with Crippen LogP contribution < -0.4 is 10.2 Å². The van der Waals surface area contributed by atoms with E-state index in [1.165, 1.54) is 12.8 Å². The standard InChI is InChI=1S/C21H26N4O/c1-15-9-11-25(12-10-15)21-22-14-17-13-16(7-8-19(17)24-21)20(26)23-18-5-3-2-4-6-18/h2-6,14-16H,7-13H2,1H3,(H,23,26)/t16-/m1/s1. The minimum atomic E-state index is -0.00649. The number of anilines is 2. The van der Waals surface area contributed by atoms with Gasteiger partial charge < -0.3 is 10.2 Å². The number of piperidine rings is 1. The van der Waals surface area contributed by atoms with Gasteiger partial charge in [0.15, 0.2) is 0 Å². The van der Waals surface area contributed by atoms with Crippen molar-refractivity contribution in [2.45, 2.75) is 39.0 Å². The van der Waals surface area contributed by atoms with Gasteiger partial charge in [-0.25, -0.2) is 9.97 Å². The molecule has 5 heteroatoms. The Balaban J connectivity index is 1.42. The lowest BCUT2D eigenvalue weighted by atomic mass is 9.86. The lowest BCUT2D eigenvalue weighted by Gasteiger charge is -2.31. The molecule has 0 unspecified atom stereocenters. The lowest BCUT2D eigenvalue weighted by molar-refractivity contribution is -0.120. The summed E-state index contributed by atoms with van der Waals surface area (Å²) in [7, 11) is 0. The Morgan fingerprint density at radius 3 is 2.69 bits per heavy atom. The quantitative estimate of drug-likeness (QED) is 0.921. The second-order valence-corrected chi connectivity index (χ2v) is 7.61. The van der Waals surface area contributed by atoms with Crippen molar-refractivity contribution in [2.75, 3.05) is 23.3 Å². The molecule has 5 nitrogen and oxygen atoms in total. The molecule has 1 aromatic heterocycles. The van der Waals surface area contributed by atoms with Crippen LogP contribution in [0.25, 0.3) is 0 Å². The minimum absolute atomic E-state index is 0.00649. The number of nitrogens with one attached hydrogen (secondary N) is 1.